The first kappa shape index (κ1) is 56.7. The summed E-state index contributed by atoms with van der Waals surface area (Å²) < 4.78 is 5.33. The zero-order chi connectivity index (χ0) is 45.8. The molecule has 1 aliphatic heterocycles. The second kappa shape index (κ2) is 32.4. The number of allylic oxidation sites excluding steroid dienone is 4. The quantitative estimate of drug-likeness (QED) is 0.267. The lowest BCUT2D eigenvalue weighted by molar-refractivity contribution is 0.0264. The summed E-state index contributed by atoms with van der Waals surface area (Å²) in [6.07, 6.45) is 33.7. The molecule has 2 fully saturated rings. The van der Waals surface area contributed by atoms with E-state index in [-0.39, 0.29) is 6.09 Å². The van der Waals surface area contributed by atoms with Crippen LogP contribution in [0.5, 0.6) is 0 Å². The minimum absolute atomic E-state index is 0.202. The Labute approximate surface area is 381 Å². The highest BCUT2D eigenvalue weighted by atomic mass is 16.6. The van der Waals surface area contributed by atoms with Crippen LogP contribution in [0.25, 0.3) is 0 Å². The van der Waals surface area contributed by atoms with Crippen LogP contribution < -0.4 is 0 Å². The van der Waals surface area contributed by atoms with E-state index in [2.05, 4.69) is 126 Å². The van der Waals surface area contributed by atoms with E-state index in [1.54, 1.807) is 16.0 Å². The number of amides is 1. The molecule has 0 spiro atoms. The molecule has 3 nitrogen and oxygen atoms in total. The summed E-state index contributed by atoms with van der Waals surface area (Å²) in [6.45, 7) is 34.5. The molecule has 352 valence electrons. The Morgan fingerprint density at radius 3 is 1.18 bits per heavy atom. The van der Waals surface area contributed by atoms with Crippen molar-refractivity contribution < 1.29 is 9.53 Å². The zero-order valence-corrected chi connectivity index (χ0v) is 43.4. The topological polar surface area (TPSA) is 29.5 Å². The number of carbonyl (C=O) groups excluding carboxylic acids is 1. The number of benzene rings is 1. The van der Waals surface area contributed by atoms with E-state index >= 15 is 0 Å². The summed E-state index contributed by atoms with van der Waals surface area (Å²) in [7, 11) is 0. The van der Waals surface area contributed by atoms with Gasteiger partial charge in [-0.3, -0.25) is 0 Å². The minimum atomic E-state index is -0.404. The lowest BCUT2D eigenvalue weighted by Crippen LogP contribution is -2.39. The third-order valence-corrected chi connectivity index (χ3v) is 13.4. The van der Waals surface area contributed by atoms with Gasteiger partial charge in [0.25, 0.3) is 0 Å². The maximum atomic E-state index is 11.8. The SMILES string of the molecule is CC(C)C1=CCCCC1.CC(C)C1=CCCCC1.CC(C)C1=CCN(C(=O)OC(C)(C)C)CC1.CC(C)C1CCCCC1.CC(C)C1CCCCC1.CC(C)c1ccccc1. The summed E-state index contributed by atoms with van der Waals surface area (Å²) in [5.41, 5.74) is 5.82. The molecule has 6 rings (SSSR count). The molecule has 1 heterocycles. The minimum Gasteiger partial charge on any atom is -0.444 e. The Balaban J connectivity index is 0.000000372. The fraction of sp³-hybridized carbons (Fsp3) is 0.776. The fourth-order valence-electron chi connectivity index (χ4n) is 8.92. The van der Waals surface area contributed by atoms with Gasteiger partial charge < -0.3 is 9.64 Å². The molecule has 61 heavy (non-hydrogen) atoms. The van der Waals surface area contributed by atoms with Gasteiger partial charge >= 0.3 is 6.09 Å². The van der Waals surface area contributed by atoms with Crippen LogP contribution in [0, 0.1) is 41.4 Å². The van der Waals surface area contributed by atoms with Crippen LogP contribution in [0.1, 0.15) is 237 Å². The maximum absolute atomic E-state index is 11.8. The summed E-state index contributed by atoms with van der Waals surface area (Å²) in [4.78, 5) is 13.5. The first-order valence-electron chi connectivity index (χ1n) is 25.9. The molecule has 0 N–H and O–H groups in total. The highest BCUT2D eigenvalue weighted by Gasteiger charge is 2.24. The lowest BCUT2D eigenvalue weighted by Gasteiger charge is -2.30. The Bertz CT molecular complexity index is 1270. The van der Waals surface area contributed by atoms with E-state index in [1.807, 2.05) is 26.8 Å². The Kier molecular flexibility index (Phi) is 30.1. The van der Waals surface area contributed by atoms with Gasteiger partial charge in [0, 0.05) is 13.1 Å². The van der Waals surface area contributed by atoms with E-state index < -0.39 is 5.60 Å². The van der Waals surface area contributed by atoms with Gasteiger partial charge in [-0.15, -0.1) is 0 Å². The van der Waals surface area contributed by atoms with Crippen LogP contribution in [-0.2, 0) is 4.74 Å². The Morgan fingerprint density at radius 2 is 0.934 bits per heavy atom. The highest BCUT2D eigenvalue weighted by Crippen LogP contribution is 2.30. The molecule has 0 aromatic heterocycles. The zero-order valence-electron chi connectivity index (χ0n) is 43.4. The Morgan fingerprint density at radius 1 is 0.525 bits per heavy atom. The van der Waals surface area contributed by atoms with Crippen molar-refractivity contribution in [2.45, 2.75) is 237 Å². The lowest BCUT2D eigenvalue weighted by atomic mass is 9.82. The van der Waals surface area contributed by atoms with Crippen LogP contribution >= 0.6 is 0 Å². The molecule has 0 atom stereocenters. The van der Waals surface area contributed by atoms with Gasteiger partial charge in [-0.05, 0) is 131 Å². The number of ether oxygens (including phenoxy) is 1. The van der Waals surface area contributed by atoms with Crippen molar-refractivity contribution in [3.63, 3.8) is 0 Å². The predicted octanol–water partition coefficient (Wildman–Crippen LogP) is 18.8. The van der Waals surface area contributed by atoms with E-state index in [0.29, 0.717) is 18.4 Å². The van der Waals surface area contributed by atoms with Crippen molar-refractivity contribution in [3.05, 3.63) is 70.8 Å². The summed E-state index contributed by atoms with van der Waals surface area (Å²) in [6, 6.07) is 10.5. The smallest absolute Gasteiger partial charge is 0.410 e. The molecule has 1 amide bonds. The van der Waals surface area contributed by atoms with Crippen molar-refractivity contribution >= 4 is 6.09 Å². The van der Waals surface area contributed by atoms with Crippen LogP contribution in [0.2, 0.25) is 0 Å². The van der Waals surface area contributed by atoms with Crippen molar-refractivity contribution in [3.8, 4) is 0 Å². The third-order valence-electron chi connectivity index (χ3n) is 13.4. The molecule has 3 heteroatoms. The Hall–Kier alpha value is -2.29. The second-order valence-corrected chi connectivity index (χ2v) is 21.8. The van der Waals surface area contributed by atoms with Crippen LogP contribution in [0.15, 0.2) is 65.3 Å². The maximum Gasteiger partial charge on any atom is 0.410 e. The highest BCUT2D eigenvalue weighted by molar-refractivity contribution is 5.68. The van der Waals surface area contributed by atoms with Crippen molar-refractivity contribution in [1.82, 2.24) is 4.90 Å². The van der Waals surface area contributed by atoms with Crippen molar-refractivity contribution in [2.75, 3.05) is 13.1 Å². The van der Waals surface area contributed by atoms with Crippen LogP contribution in [0.4, 0.5) is 4.79 Å². The third kappa shape index (κ3) is 27.5. The first-order valence-corrected chi connectivity index (χ1v) is 25.9. The molecule has 0 saturated heterocycles. The van der Waals surface area contributed by atoms with Crippen LogP contribution in [0.3, 0.4) is 0 Å². The average molecular weight is 846 g/mol. The normalized spacial score (nSPS) is 18.8. The number of rotatable bonds is 6. The molecule has 4 aliphatic carbocycles. The summed E-state index contributed by atoms with van der Waals surface area (Å²) in [5.74, 6) is 6.82. The van der Waals surface area contributed by atoms with Gasteiger partial charge in [-0.2, -0.15) is 0 Å². The largest absolute Gasteiger partial charge is 0.444 e. The van der Waals surface area contributed by atoms with Crippen LogP contribution in [-0.4, -0.2) is 29.7 Å². The molecular weight excluding hydrogens is 743 g/mol. The first-order chi connectivity index (χ1) is 28.8. The second-order valence-electron chi connectivity index (χ2n) is 21.8. The van der Waals surface area contributed by atoms with E-state index in [1.165, 1.54) is 127 Å². The molecule has 0 bridgehead atoms. The van der Waals surface area contributed by atoms with Gasteiger partial charge in [-0.25, -0.2) is 4.79 Å². The summed E-state index contributed by atoms with van der Waals surface area (Å²) >= 11 is 0. The van der Waals surface area contributed by atoms with Gasteiger partial charge in [0.05, 0.1) is 0 Å². The van der Waals surface area contributed by atoms with E-state index in [4.69, 9.17) is 4.74 Å². The molecule has 5 aliphatic rings. The molecule has 1 aromatic carbocycles. The molecular formula is C58H103NO2. The molecule has 0 radical (unpaired) electrons. The van der Waals surface area contributed by atoms with Crippen molar-refractivity contribution in [2.24, 2.45) is 41.4 Å². The van der Waals surface area contributed by atoms with Gasteiger partial charge in [0.15, 0.2) is 0 Å². The average Bonchev–Trinajstić information content (AvgIpc) is 3.26. The summed E-state index contributed by atoms with van der Waals surface area (Å²) in [5, 5.41) is 0. The van der Waals surface area contributed by atoms with Gasteiger partial charge in [0.2, 0.25) is 0 Å². The molecule has 2 saturated carbocycles. The van der Waals surface area contributed by atoms with Gasteiger partial charge in [0.1, 0.15) is 5.60 Å². The predicted molar refractivity (Wildman–Crippen MR) is 271 cm³/mol. The van der Waals surface area contributed by atoms with E-state index in [0.717, 1.165) is 48.5 Å². The number of nitrogens with zero attached hydrogens (tertiary/aromatic N) is 1. The molecule has 1 aromatic rings. The number of carbonyl (C=O) groups is 1. The standard InChI is InChI=1S/C13H23NO2.2C9H18.2C9H16.C9H12/c1-10(2)11-6-8-14(9-7-11)12(15)16-13(3,4)5;5*1-8(2)9-6-4-3-5-7-9/h6,10H,7-9H2,1-5H3;2*8-9H,3-7H2,1-2H3;2*6,8H,3-5,7H2,1-2H3;3-8H,1-2H3. The molecule has 0 unspecified atom stereocenters. The monoisotopic (exact) mass is 846 g/mol. The fourth-order valence-corrected chi connectivity index (χ4v) is 8.92. The number of hydrogen-bond donors (Lipinski definition) is 0. The van der Waals surface area contributed by atoms with Crippen molar-refractivity contribution in [1.29, 1.82) is 0 Å². The number of hydrogen-bond acceptors (Lipinski definition) is 2. The van der Waals surface area contributed by atoms with Gasteiger partial charge in [-0.1, -0.05) is 213 Å². The van der Waals surface area contributed by atoms with E-state index in [9.17, 15) is 4.79 Å².